The van der Waals surface area contributed by atoms with Gasteiger partial charge in [-0.15, -0.1) is 0 Å². The van der Waals surface area contributed by atoms with Crippen molar-refractivity contribution >= 4 is 24.4 Å². The van der Waals surface area contributed by atoms with Crippen LogP contribution in [-0.4, -0.2) is 48.6 Å². The lowest BCUT2D eigenvalue weighted by Gasteiger charge is -2.28. The zero-order chi connectivity index (χ0) is 20.0. The van der Waals surface area contributed by atoms with Gasteiger partial charge in [0.15, 0.2) is 0 Å². The smallest absolute Gasteiger partial charge is 0.323 e. The van der Waals surface area contributed by atoms with E-state index >= 15 is 0 Å². The minimum absolute atomic E-state index is 0.0272. The third-order valence-corrected chi connectivity index (χ3v) is 6.47. The maximum Gasteiger partial charge on any atom is 0.323 e. The molecule has 0 aliphatic carbocycles. The number of carbonyl (C=O) groups is 1. The van der Waals surface area contributed by atoms with Gasteiger partial charge in [-0.05, 0) is 44.7 Å². The van der Waals surface area contributed by atoms with E-state index in [1.165, 1.54) is 0 Å². The second-order valence-corrected chi connectivity index (χ2v) is 10.0. The molecule has 1 fully saturated rings. The highest BCUT2D eigenvalue weighted by atomic mass is 32.5. The Hall–Kier alpha value is -1.02. The van der Waals surface area contributed by atoms with Crippen LogP contribution in [0.5, 0.6) is 5.75 Å². The van der Waals surface area contributed by atoms with Crippen LogP contribution in [0.1, 0.15) is 27.7 Å². The Labute approximate surface area is 165 Å². The number of para-hydroxylation sites is 1. The Kier molecular flexibility index (Phi) is 8.21. The molecule has 0 amide bonds. The maximum atomic E-state index is 12.2. The van der Waals surface area contributed by atoms with Gasteiger partial charge in [-0.2, -0.15) is 0 Å². The van der Waals surface area contributed by atoms with Crippen molar-refractivity contribution in [1.29, 1.82) is 0 Å². The van der Waals surface area contributed by atoms with E-state index in [0.717, 1.165) is 0 Å². The summed E-state index contributed by atoms with van der Waals surface area (Å²) in [5.41, 5.74) is 0. The lowest BCUT2D eigenvalue weighted by Crippen LogP contribution is -2.37. The standard InChI is InChI=1S/C18H28NO6PS/c1-12(2)24-18(21)14(4)19-26(27,25-15-8-6-5-7-9-15)23-11-16-17(20)13(3)10-22-16/h5-9,12-14,16-17,20H,10-11H2,1-4H3,(H,19,27). The van der Waals surface area contributed by atoms with E-state index in [-0.39, 0.29) is 18.6 Å². The molecule has 0 saturated carbocycles. The number of benzene rings is 1. The molecular formula is C18H28NO6PS. The van der Waals surface area contributed by atoms with Gasteiger partial charge in [0, 0.05) is 5.92 Å². The summed E-state index contributed by atoms with van der Waals surface area (Å²) in [7, 11) is 0. The van der Waals surface area contributed by atoms with Crippen molar-refractivity contribution < 1.29 is 28.4 Å². The van der Waals surface area contributed by atoms with Gasteiger partial charge < -0.3 is 23.6 Å². The van der Waals surface area contributed by atoms with Gasteiger partial charge in [0.25, 0.3) is 0 Å². The number of rotatable bonds is 9. The summed E-state index contributed by atoms with van der Waals surface area (Å²) in [5, 5.41) is 13.1. The van der Waals surface area contributed by atoms with Crippen LogP contribution in [0.15, 0.2) is 30.3 Å². The average Bonchev–Trinajstić information content (AvgIpc) is 2.92. The van der Waals surface area contributed by atoms with Gasteiger partial charge in [0.05, 0.1) is 25.4 Å². The van der Waals surface area contributed by atoms with Crippen LogP contribution in [-0.2, 0) is 30.6 Å². The van der Waals surface area contributed by atoms with Crippen LogP contribution < -0.4 is 9.61 Å². The molecule has 1 aliphatic heterocycles. The summed E-state index contributed by atoms with van der Waals surface area (Å²) in [6.07, 6.45) is -1.35. The minimum Gasteiger partial charge on any atom is -0.462 e. The van der Waals surface area contributed by atoms with E-state index in [1.54, 1.807) is 32.9 Å². The minimum atomic E-state index is -3.10. The van der Waals surface area contributed by atoms with E-state index in [4.69, 9.17) is 30.3 Å². The van der Waals surface area contributed by atoms with Crippen molar-refractivity contribution in [3.05, 3.63) is 30.3 Å². The van der Waals surface area contributed by atoms with Crippen LogP contribution >= 0.6 is 6.64 Å². The quantitative estimate of drug-likeness (QED) is 0.469. The molecule has 7 nitrogen and oxygen atoms in total. The summed E-state index contributed by atoms with van der Waals surface area (Å²) in [6.45, 7) is 4.52. The maximum absolute atomic E-state index is 12.2. The van der Waals surface area contributed by atoms with E-state index in [2.05, 4.69) is 5.09 Å². The first-order chi connectivity index (χ1) is 12.7. The van der Waals surface area contributed by atoms with Gasteiger partial charge in [0.1, 0.15) is 17.9 Å². The largest absolute Gasteiger partial charge is 0.462 e. The van der Waals surface area contributed by atoms with Gasteiger partial charge in [0.2, 0.25) is 0 Å². The molecular weight excluding hydrogens is 389 g/mol. The van der Waals surface area contributed by atoms with Crippen molar-refractivity contribution in [2.75, 3.05) is 13.2 Å². The lowest BCUT2D eigenvalue weighted by molar-refractivity contribution is -0.149. The molecule has 0 spiro atoms. The number of hydrogen-bond acceptors (Lipinski definition) is 7. The van der Waals surface area contributed by atoms with Gasteiger partial charge in [-0.1, -0.05) is 25.1 Å². The van der Waals surface area contributed by atoms with Crippen molar-refractivity contribution in [3.63, 3.8) is 0 Å². The molecule has 5 atom stereocenters. The number of nitrogens with one attached hydrogen (secondary N) is 1. The van der Waals surface area contributed by atoms with E-state index < -0.39 is 30.9 Å². The molecule has 2 N–H and O–H groups in total. The molecule has 1 aromatic rings. The number of esters is 1. The summed E-state index contributed by atoms with van der Waals surface area (Å²) >= 11 is 5.61. The van der Waals surface area contributed by atoms with Gasteiger partial charge >= 0.3 is 12.6 Å². The lowest BCUT2D eigenvalue weighted by atomic mass is 10.1. The zero-order valence-corrected chi connectivity index (χ0v) is 17.7. The van der Waals surface area contributed by atoms with Crippen LogP contribution in [0, 0.1) is 5.92 Å². The van der Waals surface area contributed by atoms with Crippen LogP contribution in [0.4, 0.5) is 0 Å². The Morgan fingerprint density at radius 1 is 1.37 bits per heavy atom. The number of aliphatic hydroxyl groups is 1. The molecule has 0 aromatic heterocycles. The fourth-order valence-electron chi connectivity index (χ4n) is 2.49. The molecule has 1 aliphatic rings. The van der Waals surface area contributed by atoms with Crippen molar-refractivity contribution in [1.82, 2.24) is 5.09 Å². The number of carbonyl (C=O) groups excluding carboxylic acids is 1. The average molecular weight is 417 g/mol. The van der Waals surface area contributed by atoms with E-state index in [1.807, 2.05) is 25.1 Å². The highest BCUT2D eigenvalue weighted by Crippen LogP contribution is 2.46. The summed E-state index contributed by atoms with van der Waals surface area (Å²) < 4.78 is 22.5. The summed E-state index contributed by atoms with van der Waals surface area (Å²) in [5.74, 6) is 0.115. The molecule has 5 unspecified atom stereocenters. The molecule has 9 heteroatoms. The molecule has 0 bridgehead atoms. The second kappa shape index (κ2) is 9.96. The molecule has 1 saturated heterocycles. The molecule has 0 radical (unpaired) electrons. The fourth-order valence-corrected chi connectivity index (χ4v) is 4.91. The first-order valence-electron chi connectivity index (χ1n) is 8.97. The van der Waals surface area contributed by atoms with Crippen molar-refractivity contribution in [2.24, 2.45) is 5.92 Å². The third kappa shape index (κ3) is 6.82. The Balaban J connectivity index is 2.07. The fraction of sp³-hybridized carbons (Fsp3) is 0.611. The first kappa shape index (κ1) is 22.3. The second-order valence-electron chi connectivity index (χ2n) is 6.87. The molecule has 27 heavy (non-hydrogen) atoms. The molecule has 2 rings (SSSR count). The summed E-state index contributed by atoms with van der Waals surface area (Å²) in [4.78, 5) is 12.2. The number of aliphatic hydroxyl groups excluding tert-OH is 1. The van der Waals surface area contributed by atoms with Gasteiger partial charge in [-0.25, -0.2) is 5.09 Å². The van der Waals surface area contributed by atoms with Crippen molar-refractivity contribution in [3.8, 4) is 5.75 Å². The Morgan fingerprint density at radius 2 is 2.04 bits per heavy atom. The van der Waals surface area contributed by atoms with E-state index in [0.29, 0.717) is 12.4 Å². The topological polar surface area (TPSA) is 86.3 Å². The van der Waals surface area contributed by atoms with Crippen molar-refractivity contribution in [2.45, 2.75) is 52.0 Å². The Bertz CT molecular complexity index is 659. The summed E-state index contributed by atoms with van der Waals surface area (Å²) in [6, 6.07) is 8.29. The predicted molar refractivity (Wildman–Crippen MR) is 106 cm³/mol. The Morgan fingerprint density at radius 3 is 2.59 bits per heavy atom. The third-order valence-electron chi connectivity index (χ3n) is 3.97. The number of ether oxygens (including phenoxy) is 2. The zero-order valence-electron chi connectivity index (χ0n) is 16.0. The van der Waals surface area contributed by atoms with Crippen LogP contribution in [0.2, 0.25) is 0 Å². The molecule has 152 valence electrons. The molecule has 1 heterocycles. The first-order valence-corrected chi connectivity index (χ1v) is 11.6. The monoisotopic (exact) mass is 417 g/mol. The van der Waals surface area contributed by atoms with Crippen LogP contribution in [0.3, 0.4) is 0 Å². The highest BCUT2D eigenvalue weighted by molar-refractivity contribution is 8.09. The van der Waals surface area contributed by atoms with Crippen LogP contribution in [0.25, 0.3) is 0 Å². The van der Waals surface area contributed by atoms with Gasteiger partial charge in [-0.3, -0.25) is 4.79 Å². The SMILES string of the molecule is CC(C)OC(=O)C(C)NP(=S)(OCC1OCC(C)C1O)Oc1ccccc1. The highest BCUT2D eigenvalue weighted by Gasteiger charge is 2.36. The molecule has 1 aromatic carbocycles. The predicted octanol–water partition coefficient (Wildman–Crippen LogP) is 2.63. The van der Waals surface area contributed by atoms with E-state index in [9.17, 15) is 9.90 Å². The normalized spacial score (nSPS) is 25.8. The number of hydrogen-bond donors (Lipinski definition) is 2.